The highest BCUT2D eigenvalue weighted by Gasteiger charge is 2.18. The molecule has 32 heavy (non-hydrogen) atoms. The van der Waals surface area contributed by atoms with Crippen LogP contribution in [0.4, 0.5) is 26.2 Å². The second-order valence-corrected chi connectivity index (χ2v) is 7.78. The highest BCUT2D eigenvalue weighted by molar-refractivity contribution is 7.82. The van der Waals surface area contributed by atoms with Crippen LogP contribution in [0.15, 0.2) is 54.6 Å². The number of urea groups is 1. The molecule has 0 spiro atoms. The van der Waals surface area contributed by atoms with Gasteiger partial charge in [0.25, 0.3) is 5.91 Å². The maximum Gasteiger partial charge on any atom is 0.336 e. The van der Waals surface area contributed by atoms with Crippen LogP contribution in [0.1, 0.15) is 21.5 Å². The first-order chi connectivity index (χ1) is 15.2. The maximum atomic E-state index is 13.8. The van der Waals surface area contributed by atoms with E-state index in [-0.39, 0.29) is 5.56 Å². The largest absolute Gasteiger partial charge is 0.495 e. The third-order valence-electron chi connectivity index (χ3n) is 4.74. The summed E-state index contributed by atoms with van der Waals surface area (Å²) in [6.07, 6.45) is 0. The second kappa shape index (κ2) is 9.93. The summed E-state index contributed by atoms with van der Waals surface area (Å²) in [6, 6.07) is 13.4. The molecule has 0 aromatic heterocycles. The minimum atomic E-state index is -0.607. The third kappa shape index (κ3) is 5.15. The molecule has 3 amide bonds. The van der Waals surface area contributed by atoms with E-state index >= 15 is 0 Å². The molecule has 0 saturated heterocycles. The first kappa shape index (κ1) is 23.4. The van der Waals surface area contributed by atoms with Gasteiger partial charge in [0.1, 0.15) is 11.6 Å². The van der Waals surface area contributed by atoms with Crippen molar-refractivity contribution in [1.29, 1.82) is 0 Å². The quantitative estimate of drug-likeness (QED) is 0.384. The molecule has 0 fully saturated rings. The van der Waals surface area contributed by atoms with Crippen molar-refractivity contribution >= 4 is 53.4 Å². The number of carbonyl (C=O) groups is 2. The smallest absolute Gasteiger partial charge is 0.336 e. The van der Waals surface area contributed by atoms with Crippen LogP contribution in [-0.4, -0.2) is 19.0 Å². The Kier molecular flexibility index (Phi) is 7.27. The first-order valence-electron chi connectivity index (χ1n) is 9.52. The summed E-state index contributed by atoms with van der Waals surface area (Å²) >= 11 is 10.4. The van der Waals surface area contributed by atoms with Crippen LogP contribution in [0.5, 0.6) is 5.75 Å². The minimum Gasteiger partial charge on any atom is -0.495 e. The Balaban J connectivity index is 1.75. The number of aryl methyl sites for hydroxylation is 2. The van der Waals surface area contributed by atoms with Gasteiger partial charge in [-0.2, -0.15) is 0 Å². The number of amides is 3. The van der Waals surface area contributed by atoms with Gasteiger partial charge >= 0.3 is 6.03 Å². The normalized spacial score (nSPS) is 10.4. The van der Waals surface area contributed by atoms with E-state index in [2.05, 4.69) is 23.4 Å². The van der Waals surface area contributed by atoms with Gasteiger partial charge in [-0.3, -0.25) is 4.79 Å². The number of benzene rings is 3. The molecule has 0 saturated carbocycles. The molecule has 0 aliphatic heterocycles. The SMILES string of the molecule is COc1cc(C)c(Cl)cc1NC(=O)N(S)c1ccc(NC(=O)c2ccccc2F)c(C)c1. The summed E-state index contributed by atoms with van der Waals surface area (Å²) in [7, 11) is 1.49. The number of anilines is 3. The van der Waals surface area contributed by atoms with Crippen LogP contribution in [0.25, 0.3) is 0 Å². The summed E-state index contributed by atoms with van der Waals surface area (Å²) < 4.78 is 20.3. The fourth-order valence-electron chi connectivity index (χ4n) is 2.96. The van der Waals surface area contributed by atoms with Crippen molar-refractivity contribution in [3.05, 3.63) is 82.1 Å². The van der Waals surface area contributed by atoms with Crippen molar-refractivity contribution in [1.82, 2.24) is 0 Å². The second-order valence-electron chi connectivity index (χ2n) is 6.98. The number of ether oxygens (including phenoxy) is 1. The molecule has 0 aliphatic carbocycles. The Morgan fingerprint density at radius 2 is 1.72 bits per heavy atom. The fourth-order valence-corrected chi connectivity index (χ4v) is 3.30. The lowest BCUT2D eigenvalue weighted by atomic mass is 10.1. The van der Waals surface area contributed by atoms with Gasteiger partial charge in [-0.05, 0) is 67.4 Å². The van der Waals surface area contributed by atoms with E-state index in [9.17, 15) is 14.0 Å². The molecule has 2 N–H and O–H groups in total. The first-order valence-corrected chi connectivity index (χ1v) is 10.3. The van der Waals surface area contributed by atoms with Gasteiger partial charge in [-0.25, -0.2) is 13.5 Å². The van der Waals surface area contributed by atoms with E-state index < -0.39 is 17.8 Å². The average Bonchev–Trinajstić information content (AvgIpc) is 2.77. The number of hydrogen-bond acceptors (Lipinski definition) is 4. The van der Waals surface area contributed by atoms with Crippen LogP contribution in [0.2, 0.25) is 5.02 Å². The van der Waals surface area contributed by atoms with E-state index in [0.29, 0.717) is 33.4 Å². The van der Waals surface area contributed by atoms with Crippen molar-refractivity contribution in [2.45, 2.75) is 13.8 Å². The van der Waals surface area contributed by atoms with Gasteiger partial charge in [0.05, 0.1) is 24.0 Å². The van der Waals surface area contributed by atoms with Gasteiger partial charge in [0.2, 0.25) is 0 Å². The zero-order valence-corrected chi connectivity index (χ0v) is 19.2. The molecule has 166 valence electrons. The van der Waals surface area contributed by atoms with Crippen LogP contribution in [0.3, 0.4) is 0 Å². The third-order valence-corrected chi connectivity index (χ3v) is 5.56. The van der Waals surface area contributed by atoms with Crippen LogP contribution >= 0.6 is 24.4 Å². The molecule has 0 aliphatic rings. The van der Waals surface area contributed by atoms with Crippen molar-refractivity contribution in [2.24, 2.45) is 0 Å². The lowest BCUT2D eigenvalue weighted by molar-refractivity contribution is 0.102. The van der Waals surface area contributed by atoms with E-state index in [0.717, 1.165) is 9.87 Å². The molecule has 0 bridgehead atoms. The summed E-state index contributed by atoms with van der Waals surface area (Å²) in [6.45, 7) is 3.58. The van der Waals surface area contributed by atoms with Gasteiger partial charge in [0, 0.05) is 10.7 Å². The predicted molar refractivity (Wildman–Crippen MR) is 129 cm³/mol. The molecule has 6 nitrogen and oxygen atoms in total. The Morgan fingerprint density at radius 3 is 2.38 bits per heavy atom. The van der Waals surface area contributed by atoms with Crippen molar-refractivity contribution in [2.75, 3.05) is 22.0 Å². The highest BCUT2D eigenvalue weighted by atomic mass is 35.5. The number of halogens is 2. The van der Waals surface area contributed by atoms with E-state index in [1.807, 2.05) is 6.92 Å². The van der Waals surface area contributed by atoms with E-state index in [4.69, 9.17) is 16.3 Å². The minimum absolute atomic E-state index is 0.0584. The molecule has 0 atom stereocenters. The van der Waals surface area contributed by atoms with E-state index in [1.54, 1.807) is 43.3 Å². The van der Waals surface area contributed by atoms with Crippen molar-refractivity contribution in [3.63, 3.8) is 0 Å². The molecule has 0 unspecified atom stereocenters. The van der Waals surface area contributed by atoms with Crippen LogP contribution < -0.4 is 19.7 Å². The lowest BCUT2D eigenvalue weighted by Crippen LogP contribution is -2.27. The summed E-state index contributed by atoms with van der Waals surface area (Å²) in [5.74, 6) is -0.712. The Bertz CT molecular complexity index is 1190. The molecular weight excluding hydrogens is 453 g/mol. The lowest BCUT2D eigenvalue weighted by Gasteiger charge is -2.19. The van der Waals surface area contributed by atoms with Crippen molar-refractivity contribution < 1.29 is 18.7 Å². The number of nitrogens with zero attached hydrogens (tertiary/aromatic N) is 1. The van der Waals surface area contributed by atoms with Gasteiger partial charge < -0.3 is 15.4 Å². The molecular formula is C23H21ClFN3O3S. The topological polar surface area (TPSA) is 70.7 Å². The van der Waals surface area contributed by atoms with Crippen molar-refractivity contribution in [3.8, 4) is 5.75 Å². The zero-order chi connectivity index (χ0) is 23.4. The maximum absolute atomic E-state index is 13.8. The Hall–Kier alpha value is -3.23. The van der Waals surface area contributed by atoms with Crippen LogP contribution in [0, 0.1) is 19.7 Å². The number of nitrogens with one attached hydrogen (secondary N) is 2. The molecule has 3 aromatic rings. The molecule has 0 heterocycles. The zero-order valence-electron chi connectivity index (χ0n) is 17.6. The van der Waals surface area contributed by atoms with Gasteiger partial charge in [-0.1, -0.05) is 36.5 Å². The molecule has 9 heteroatoms. The fraction of sp³-hybridized carbons (Fsp3) is 0.130. The standard InChI is InChI=1S/C23H21ClFN3O3S/c1-13-11-21(31-3)20(12-17(13)24)27-23(30)28(32)15-8-9-19(14(2)10-15)26-22(29)16-6-4-5-7-18(16)25/h4-12,32H,1-3H3,(H,26,29)(H,27,30). The number of methoxy groups -OCH3 is 1. The molecule has 3 aromatic carbocycles. The highest BCUT2D eigenvalue weighted by Crippen LogP contribution is 2.32. The number of carbonyl (C=O) groups excluding carboxylic acids is 2. The van der Waals surface area contributed by atoms with E-state index in [1.165, 1.54) is 25.3 Å². The monoisotopic (exact) mass is 473 g/mol. The predicted octanol–water partition coefficient (Wildman–Crippen LogP) is 6.24. The molecule has 0 radical (unpaired) electrons. The number of thiol groups is 1. The Morgan fingerprint density at radius 1 is 1.00 bits per heavy atom. The Labute approximate surface area is 195 Å². The molecule has 3 rings (SSSR count). The summed E-state index contributed by atoms with van der Waals surface area (Å²) in [5, 5.41) is 5.87. The number of rotatable bonds is 5. The number of hydrogen-bond donors (Lipinski definition) is 3. The summed E-state index contributed by atoms with van der Waals surface area (Å²) in [5.41, 5.74) is 2.76. The van der Waals surface area contributed by atoms with Crippen LogP contribution in [-0.2, 0) is 0 Å². The van der Waals surface area contributed by atoms with Gasteiger partial charge in [0.15, 0.2) is 0 Å². The average molecular weight is 474 g/mol. The van der Waals surface area contributed by atoms with Gasteiger partial charge in [-0.15, -0.1) is 0 Å². The summed E-state index contributed by atoms with van der Waals surface area (Å²) in [4.78, 5) is 25.1.